The van der Waals surface area contributed by atoms with Crippen LogP contribution in [0.5, 0.6) is 17.2 Å². The van der Waals surface area contributed by atoms with Gasteiger partial charge in [-0.2, -0.15) is 0 Å². The van der Waals surface area contributed by atoms with E-state index in [1.807, 2.05) is 18.2 Å². The highest BCUT2D eigenvalue weighted by Gasteiger charge is 2.13. The molecule has 3 nitrogen and oxygen atoms in total. The van der Waals surface area contributed by atoms with E-state index in [0.717, 1.165) is 12.0 Å². The molecule has 0 aliphatic carbocycles. The molecule has 0 N–H and O–H groups in total. The van der Waals surface area contributed by atoms with Crippen LogP contribution in [-0.4, -0.2) is 20.8 Å². The summed E-state index contributed by atoms with van der Waals surface area (Å²) in [6.07, 6.45) is 4.27. The number of ether oxygens (including phenoxy) is 3. The van der Waals surface area contributed by atoms with E-state index in [1.165, 1.54) is 0 Å². The Balaban J connectivity index is 3.15. The average Bonchev–Trinajstić information content (AvgIpc) is 2.36. The molecule has 17 heavy (non-hydrogen) atoms. The fourth-order valence-corrected chi connectivity index (χ4v) is 1.50. The summed E-state index contributed by atoms with van der Waals surface area (Å²) >= 11 is 0. The lowest BCUT2D eigenvalue weighted by Gasteiger charge is -2.14. The monoisotopic (exact) mass is 234 g/mol. The van der Waals surface area contributed by atoms with E-state index >= 15 is 0 Å². The van der Waals surface area contributed by atoms with E-state index in [1.54, 1.807) is 20.3 Å². The summed E-state index contributed by atoms with van der Waals surface area (Å²) in [6.45, 7) is 7.74. The van der Waals surface area contributed by atoms with E-state index in [2.05, 4.69) is 13.2 Å². The van der Waals surface area contributed by atoms with Gasteiger partial charge in [0.15, 0.2) is 11.5 Å². The first kappa shape index (κ1) is 13.2. The highest BCUT2D eigenvalue weighted by Crippen LogP contribution is 2.38. The van der Waals surface area contributed by atoms with Crippen LogP contribution in [0.4, 0.5) is 0 Å². The highest BCUT2D eigenvalue weighted by atomic mass is 16.5. The lowest BCUT2D eigenvalue weighted by atomic mass is 10.1. The van der Waals surface area contributed by atoms with Gasteiger partial charge in [0, 0.05) is 0 Å². The summed E-state index contributed by atoms with van der Waals surface area (Å²) < 4.78 is 16.1. The first-order chi connectivity index (χ1) is 8.26. The minimum Gasteiger partial charge on any atom is -0.493 e. The molecule has 0 saturated heterocycles. The zero-order valence-corrected chi connectivity index (χ0v) is 10.4. The topological polar surface area (TPSA) is 27.7 Å². The molecule has 0 amide bonds. The standard InChI is InChI=1S/C14H18O3/c1-5-7-11-9-12(15-3)14(17-8-6-2)13(10-11)16-4/h5-6,9-10H,1-2,7-8H2,3-4H3. The smallest absolute Gasteiger partial charge is 0.203 e. The first-order valence-corrected chi connectivity index (χ1v) is 5.36. The molecule has 0 aliphatic rings. The molecule has 0 bridgehead atoms. The van der Waals surface area contributed by atoms with Gasteiger partial charge in [-0.1, -0.05) is 18.7 Å². The molecule has 0 heterocycles. The van der Waals surface area contributed by atoms with Gasteiger partial charge in [0.05, 0.1) is 14.2 Å². The Bertz CT molecular complexity index is 371. The van der Waals surface area contributed by atoms with Crippen LogP contribution >= 0.6 is 0 Å². The Morgan fingerprint density at radius 1 is 1.06 bits per heavy atom. The fourth-order valence-electron chi connectivity index (χ4n) is 1.50. The summed E-state index contributed by atoms with van der Waals surface area (Å²) in [5.74, 6) is 1.91. The molecule has 0 aliphatic heterocycles. The molecule has 92 valence electrons. The van der Waals surface area contributed by atoms with Crippen molar-refractivity contribution in [3.05, 3.63) is 43.0 Å². The number of allylic oxidation sites excluding steroid dienone is 1. The molecule has 0 saturated carbocycles. The van der Waals surface area contributed by atoms with Crippen LogP contribution in [0.1, 0.15) is 5.56 Å². The van der Waals surface area contributed by atoms with Gasteiger partial charge in [-0.3, -0.25) is 0 Å². The van der Waals surface area contributed by atoms with Crippen molar-refractivity contribution in [2.24, 2.45) is 0 Å². The quantitative estimate of drug-likeness (QED) is 0.679. The maximum Gasteiger partial charge on any atom is 0.203 e. The zero-order valence-electron chi connectivity index (χ0n) is 10.4. The molecule has 3 heteroatoms. The van der Waals surface area contributed by atoms with Gasteiger partial charge in [-0.25, -0.2) is 0 Å². The summed E-state index contributed by atoms with van der Waals surface area (Å²) in [5, 5.41) is 0. The SMILES string of the molecule is C=CCOc1c(OC)cc(CC=C)cc1OC. The van der Waals surface area contributed by atoms with Gasteiger partial charge in [-0.05, 0) is 24.1 Å². The lowest BCUT2D eigenvalue weighted by Crippen LogP contribution is -2.00. The molecule has 0 radical (unpaired) electrons. The van der Waals surface area contributed by atoms with Crippen LogP contribution in [0.2, 0.25) is 0 Å². The number of hydrogen-bond acceptors (Lipinski definition) is 3. The van der Waals surface area contributed by atoms with Crippen LogP contribution in [0.25, 0.3) is 0 Å². The third-order valence-corrected chi connectivity index (χ3v) is 2.25. The second-order valence-electron chi connectivity index (χ2n) is 3.42. The Morgan fingerprint density at radius 3 is 2.06 bits per heavy atom. The number of hydrogen-bond donors (Lipinski definition) is 0. The highest BCUT2D eigenvalue weighted by molar-refractivity contribution is 5.54. The van der Waals surface area contributed by atoms with Crippen molar-refractivity contribution in [3.8, 4) is 17.2 Å². The van der Waals surface area contributed by atoms with Crippen molar-refractivity contribution in [1.29, 1.82) is 0 Å². The van der Waals surface area contributed by atoms with Gasteiger partial charge in [0.25, 0.3) is 0 Å². The molecule has 1 aromatic carbocycles. The molecule has 0 atom stereocenters. The Labute approximate surface area is 102 Å². The molecule has 1 rings (SSSR count). The Kier molecular flexibility index (Phi) is 5.14. The predicted molar refractivity (Wildman–Crippen MR) is 69.1 cm³/mol. The molecule has 0 fully saturated rings. The van der Waals surface area contributed by atoms with E-state index in [0.29, 0.717) is 23.9 Å². The minimum atomic E-state index is 0.410. The third-order valence-electron chi connectivity index (χ3n) is 2.25. The molecular formula is C14H18O3. The van der Waals surface area contributed by atoms with Crippen LogP contribution in [0.3, 0.4) is 0 Å². The molecule has 0 aromatic heterocycles. The van der Waals surface area contributed by atoms with Crippen molar-refractivity contribution >= 4 is 0 Å². The molecule has 0 spiro atoms. The van der Waals surface area contributed by atoms with Crippen molar-refractivity contribution < 1.29 is 14.2 Å². The summed E-state index contributed by atoms with van der Waals surface area (Å²) in [7, 11) is 3.21. The predicted octanol–water partition coefficient (Wildman–Crippen LogP) is 3.00. The van der Waals surface area contributed by atoms with Crippen LogP contribution in [0.15, 0.2) is 37.4 Å². The van der Waals surface area contributed by atoms with Gasteiger partial charge in [0.2, 0.25) is 5.75 Å². The summed E-state index contributed by atoms with van der Waals surface area (Å²) in [4.78, 5) is 0. The number of methoxy groups -OCH3 is 2. The van der Waals surface area contributed by atoms with E-state index in [-0.39, 0.29) is 0 Å². The van der Waals surface area contributed by atoms with E-state index in [4.69, 9.17) is 14.2 Å². The zero-order chi connectivity index (χ0) is 12.7. The Morgan fingerprint density at radius 2 is 1.65 bits per heavy atom. The summed E-state index contributed by atoms with van der Waals surface area (Å²) in [6, 6.07) is 3.84. The molecule has 1 aromatic rings. The average molecular weight is 234 g/mol. The number of benzene rings is 1. The normalized spacial score (nSPS) is 9.53. The summed E-state index contributed by atoms with van der Waals surface area (Å²) in [5.41, 5.74) is 1.07. The van der Waals surface area contributed by atoms with Gasteiger partial charge < -0.3 is 14.2 Å². The van der Waals surface area contributed by atoms with Crippen LogP contribution in [0, 0.1) is 0 Å². The van der Waals surface area contributed by atoms with Crippen molar-refractivity contribution in [3.63, 3.8) is 0 Å². The van der Waals surface area contributed by atoms with Crippen molar-refractivity contribution in [1.82, 2.24) is 0 Å². The van der Waals surface area contributed by atoms with Crippen molar-refractivity contribution in [2.75, 3.05) is 20.8 Å². The van der Waals surface area contributed by atoms with Crippen LogP contribution < -0.4 is 14.2 Å². The lowest BCUT2D eigenvalue weighted by molar-refractivity contribution is 0.300. The minimum absolute atomic E-state index is 0.410. The third kappa shape index (κ3) is 3.28. The van der Waals surface area contributed by atoms with Crippen LogP contribution in [-0.2, 0) is 6.42 Å². The van der Waals surface area contributed by atoms with E-state index < -0.39 is 0 Å². The second kappa shape index (κ2) is 6.63. The van der Waals surface area contributed by atoms with Gasteiger partial charge >= 0.3 is 0 Å². The number of rotatable bonds is 7. The van der Waals surface area contributed by atoms with Gasteiger partial charge in [0.1, 0.15) is 6.61 Å². The first-order valence-electron chi connectivity index (χ1n) is 5.36. The fraction of sp³-hybridized carbons (Fsp3) is 0.286. The van der Waals surface area contributed by atoms with Gasteiger partial charge in [-0.15, -0.1) is 6.58 Å². The maximum absolute atomic E-state index is 5.54. The molecular weight excluding hydrogens is 216 g/mol. The van der Waals surface area contributed by atoms with Crippen molar-refractivity contribution in [2.45, 2.75) is 6.42 Å². The Hall–Kier alpha value is -1.90. The largest absolute Gasteiger partial charge is 0.493 e. The maximum atomic E-state index is 5.54. The van der Waals surface area contributed by atoms with E-state index in [9.17, 15) is 0 Å². The second-order valence-corrected chi connectivity index (χ2v) is 3.42. The molecule has 0 unspecified atom stereocenters.